The zero-order chi connectivity index (χ0) is 25.4. The van der Waals surface area contributed by atoms with Crippen LogP contribution in [0.5, 0.6) is 0 Å². The normalized spacial score (nSPS) is 24.3. The molecule has 3 saturated heterocycles. The number of hydrogen-bond donors (Lipinski definition) is 1. The average Bonchev–Trinajstić information content (AvgIpc) is 3.58. The van der Waals surface area contributed by atoms with E-state index in [4.69, 9.17) is 10.5 Å². The Morgan fingerprint density at radius 1 is 1.03 bits per heavy atom. The van der Waals surface area contributed by atoms with E-state index in [-0.39, 0.29) is 18.1 Å². The average molecular weight is 501 g/mol. The van der Waals surface area contributed by atoms with Gasteiger partial charge in [0.25, 0.3) is 0 Å². The smallest absolute Gasteiger partial charge is 0.410 e. The number of rotatable bonds is 8. The molecule has 8 nitrogen and oxygen atoms in total. The molecular formula is C29H36N6O2. The summed E-state index contributed by atoms with van der Waals surface area (Å²) in [6, 6.07) is 21.7. The molecule has 4 atom stereocenters. The summed E-state index contributed by atoms with van der Waals surface area (Å²) in [7, 11) is 0. The highest BCUT2D eigenvalue weighted by molar-refractivity contribution is 5.69. The lowest BCUT2D eigenvalue weighted by Gasteiger charge is -2.38. The fourth-order valence-electron chi connectivity index (χ4n) is 6.52. The van der Waals surface area contributed by atoms with Crippen molar-refractivity contribution in [2.75, 3.05) is 19.6 Å². The number of fused-ring (bicyclic) bond motifs is 2. The molecule has 0 spiro atoms. The van der Waals surface area contributed by atoms with E-state index in [9.17, 15) is 4.79 Å². The van der Waals surface area contributed by atoms with E-state index in [1.807, 2.05) is 36.4 Å². The van der Waals surface area contributed by atoms with Gasteiger partial charge in [0.15, 0.2) is 0 Å². The van der Waals surface area contributed by atoms with E-state index >= 15 is 0 Å². The van der Waals surface area contributed by atoms with Crippen molar-refractivity contribution >= 4 is 6.09 Å². The van der Waals surface area contributed by atoms with Gasteiger partial charge >= 0.3 is 6.09 Å². The van der Waals surface area contributed by atoms with Crippen molar-refractivity contribution in [3.63, 3.8) is 0 Å². The number of nitrogens with zero attached hydrogens (tertiary/aromatic N) is 5. The zero-order valence-corrected chi connectivity index (χ0v) is 21.4. The summed E-state index contributed by atoms with van der Waals surface area (Å²) in [5, 5.41) is 9.06. The van der Waals surface area contributed by atoms with Gasteiger partial charge < -0.3 is 19.9 Å². The van der Waals surface area contributed by atoms with E-state index in [0.29, 0.717) is 37.8 Å². The van der Waals surface area contributed by atoms with Gasteiger partial charge in [-0.3, -0.25) is 4.90 Å². The van der Waals surface area contributed by atoms with Crippen molar-refractivity contribution < 1.29 is 9.53 Å². The lowest BCUT2D eigenvalue weighted by molar-refractivity contribution is 0.0638. The Hall–Kier alpha value is -3.23. The molecule has 3 aliphatic heterocycles. The molecule has 4 heterocycles. The molecule has 3 unspecified atom stereocenters. The molecule has 0 saturated carbocycles. The van der Waals surface area contributed by atoms with Crippen molar-refractivity contribution in [2.24, 2.45) is 5.73 Å². The van der Waals surface area contributed by atoms with Crippen molar-refractivity contribution in [3.05, 3.63) is 83.4 Å². The summed E-state index contributed by atoms with van der Waals surface area (Å²) in [5.74, 6) is 2.19. The summed E-state index contributed by atoms with van der Waals surface area (Å²) in [6.07, 6.45) is 4.29. The Morgan fingerprint density at radius 2 is 1.76 bits per heavy atom. The highest BCUT2D eigenvalue weighted by Gasteiger charge is 2.48. The van der Waals surface area contributed by atoms with Crippen LogP contribution in [0, 0.1) is 6.92 Å². The van der Waals surface area contributed by atoms with Crippen LogP contribution in [0.4, 0.5) is 4.79 Å². The van der Waals surface area contributed by atoms with Crippen molar-refractivity contribution in [1.29, 1.82) is 0 Å². The molecule has 3 fully saturated rings. The molecule has 3 aliphatic rings. The molecule has 6 rings (SSSR count). The number of aryl methyl sites for hydroxylation is 1. The van der Waals surface area contributed by atoms with E-state index in [0.717, 1.165) is 36.6 Å². The van der Waals surface area contributed by atoms with Crippen LogP contribution < -0.4 is 5.73 Å². The molecule has 2 aromatic carbocycles. The van der Waals surface area contributed by atoms with Gasteiger partial charge in [-0.05, 0) is 43.7 Å². The summed E-state index contributed by atoms with van der Waals surface area (Å²) in [4.78, 5) is 17.0. The Balaban J connectivity index is 1.07. The van der Waals surface area contributed by atoms with Gasteiger partial charge in [0, 0.05) is 37.8 Å². The number of amides is 1. The third-order valence-corrected chi connectivity index (χ3v) is 8.51. The van der Waals surface area contributed by atoms with Crippen molar-refractivity contribution in [3.8, 4) is 0 Å². The predicted molar refractivity (Wildman–Crippen MR) is 141 cm³/mol. The van der Waals surface area contributed by atoms with Crippen molar-refractivity contribution in [1.82, 2.24) is 24.6 Å². The molecule has 0 aliphatic carbocycles. The number of hydrogen-bond acceptors (Lipinski definition) is 6. The third kappa shape index (κ3) is 4.76. The minimum atomic E-state index is -0.260. The van der Waals surface area contributed by atoms with Crippen LogP contribution in [0.2, 0.25) is 0 Å². The van der Waals surface area contributed by atoms with Gasteiger partial charge in [0.2, 0.25) is 0 Å². The fourth-order valence-corrected chi connectivity index (χ4v) is 6.52. The maximum absolute atomic E-state index is 12.5. The van der Waals surface area contributed by atoms with E-state index < -0.39 is 0 Å². The Bertz CT molecular complexity index is 1210. The molecule has 194 valence electrons. The first kappa shape index (κ1) is 24.1. The number of aromatic nitrogens is 3. The van der Waals surface area contributed by atoms with Crippen LogP contribution in [0.3, 0.4) is 0 Å². The minimum absolute atomic E-state index is 0.0643. The molecule has 1 aromatic heterocycles. The minimum Gasteiger partial charge on any atom is -0.445 e. The number of benzene rings is 2. The number of ether oxygens (including phenoxy) is 1. The summed E-state index contributed by atoms with van der Waals surface area (Å²) >= 11 is 0. The van der Waals surface area contributed by atoms with E-state index in [1.54, 1.807) is 4.90 Å². The largest absolute Gasteiger partial charge is 0.445 e. The topological polar surface area (TPSA) is 89.5 Å². The number of carbonyl (C=O) groups excluding carboxylic acids is 1. The molecular weight excluding hydrogens is 464 g/mol. The van der Waals surface area contributed by atoms with Gasteiger partial charge in [-0.2, -0.15) is 0 Å². The fraction of sp³-hybridized carbons (Fsp3) is 0.483. The molecule has 8 heteroatoms. The second-order valence-corrected chi connectivity index (χ2v) is 10.8. The maximum Gasteiger partial charge on any atom is 0.410 e. The zero-order valence-electron chi connectivity index (χ0n) is 21.4. The Morgan fingerprint density at radius 3 is 2.51 bits per heavy atom. The summed E-state index contributed by atoms with van der Waals surface area (Å²) < 4.78 is 7.89. The molecule has 3 aromatic rings. The molecule has 1 amide bonds. The lowest BCUT2D eigenvalue weighted by Crippen LogP contribution is -2.49. The number of nitrogens with two attached hydrogens (primary N) is 1. The second kappa shape index (κ2) is 10.3. The summed E-state index contributed by atoms with van der Waals surface area (Å²) in [6.45, 7) is 4.63. The van der Waals surface area contributed by atoms with Gasteiger partial charge in [-0.25, -0.2) is 4.79 Å². The Labute approximate surface area is 218 Å². The van der Waals surface area contributed by atoms with E-state index in [1.165, 1.54) is 18.4 Å². The highest BCUT2D eigenvalue weighted by atomic mass is 16.6. The quantitative estimate of drug-likeness (QED) is 0.499. The lowest BCUT2D eigenvalue weighted by atomic mass is 9.93. The molecule has 2 bridgehead atoms. The Kier molecular flexibility index (Phi) is 6.69. The molecule has 37 heavy (non-hydrogen) atoms. The van der Waals surface area contributed by atoms with Gasteiger partial charge in [-0.15, -0.1) is 10.2 Å². The van der Waals surface area contributed by atoms with Gasteiger partial charge in [0.05, 0.1) is 12.0 Å². The molecule has 0 radical (unpaired) electrons. The van der Waals surface area contributed by atoms with Gasteiger partial charge in [0.1, 0.15) is 18.3 Å². The van der Waals surface area contributed by atoms with Crippen LogP contribution >= 0.6 is 0 Å². The molecule has 2 N–H and O–H groups in total. The monoisotopic (exact) mass is 500 g/mol. The second-order valence-electron chi connectivity index (χ2n) is 10.8. The van der Waals surface area contributed by atoms with Crippen LogP contribution in [0.1, 0.15) is 66.5 Å². The first-order valence-electron chi connectivity index (χ1n) is 13.5. The maximum atomic E-state index is 12.5. The van der Waals surface area contributed by atoms with Crippen LogP contribution in [-0.2, 0) is 11.3 Å². The van der Waals surface area contributed by atoms with E-state index in [2.05, 4.69) is 50.9 Å². The SMILES string of the molecule is Cc1nnc(C2CN(C(=O)OCc3ccccc3)C2)n1C1CC2CCC1N2CC[C@H](N)c1ccccc1. The van der Waals surface area contributed by atoms with Gasteiger partial charge in [-0.1, -0.05) is 60.7 Å². The standard InChI is InChI=1S/C29H36N6O2/c1-20-31-32-28(23-17-33(18-23)29(36)37-19-21-8-4-2-5-9-21)35(20)27-16-24-12-13-26(27)34(24)15-14-25(30)22-10-6-3-7-11-22/h2-11,23-27H,12-19,30H2,1H3/t24?,25-,26?,27?/m0/s1. The number of carbonyl (C=O) groups is 1. The first-order valence-corrected chi connectivity index (χ1v) is 13.5. The first-order chi connectivity index (χ1) is 18.1. The van der Waals surface area contributed by atoms with Crippen LogP contribution in [0.15, 0.2) is 60.7 Å². The van der Waals surface area contributed by atoms with Crippen molar-refractivity contribution in [2.45, 2.75) is 69.3 Å². The van der Waals surface area contributed by atoms with Crippen LogP contribution in [-0.4, -0.2) is 62.4 Å². The predicted octanol–water partition coefficient (Wildman–Crippen LogP) is 4.19. The highest BCUT2D eigenvalue weighted by Crippen LogP contribution is 2.46. The summed E-state index contributed by atoms with van der Waals surface area (Å²) in [5.41, 5.74) is 8.73. The van der Waals surface area contributed by atoms with Crippen LogP contribution in [0.25, 0.3) is 0 Å². The third-order valence-electron chi connectivity index (χ3n) is 8.51. The number of likely N-dealkylation sites (tertiary alicyclic amines) is 1.